The van der Waals surface area contributed by atoms with E-state index >= 15 is 0 Å². The highest BCUT2D eigenvalue weighted by Crippen LogP contribution is 2.38. The number of benzene rings is 1. The van der Waals surface area contributed by atoms with Gasteiger partial charge in [0.1, 0.15) is 0 Å². The van der Waals surface area contributed by atoms with Crippen molar-refractivity contribution in [2.75, 3.05) is 18.1 Å². The molecule has 2 heterocycles. The Morgan fingerprint density at radius 3 is 2.32 bits per heavy atom. The Kier molecular flexibility index (Phi) is 6.24. The van der Waals surface area contributed by atoms with Crippen molar-refractivity contribution in [2.24, 2.45) is 0 Å². The minimum Gasteiger partial charge on any atom is -0.456 e. The van der Waals surface area contributed by atoms with Gasteiger partial charge in [0.05, 0.1) is 6.61 Å². The van der Waals surface area contributed by atoms with Gasteiger partial charge in [-0.3, -0.25) is 14.4 Å². The van der Waals surface area contributed by atoms with Crippen molar-refractivity contribution in [3.63, 3.8) is 0 Å². The quantitative estimate of drug-likeness (QED) is 0.502. The van der Waals surface area contributed by atoms with E-state index in [4.69, 9.17) is 18.9 Å². The Morgan fingerprint density at radius 1 is 1.04 bits per heavy atom. The molecule has 0 aromatic heterocycles. The Labute approximate surface area is 171 Å². The van der Waals surface area contributed by atoms with Crippen molar-refractivity contribution in [2.45, 2.75) is 51.7 Å². The van der Waals surface area contributed by atoms with Gasteiger partial charge in [-0.05, 0) is 24.1 Å². The summed E-state index contributed by atoms with van der Waals surface area (Å²) in [6, 6.07) is 5.84. The normalized spacial score (nSPS) is 26.4. The molecule has 28 heavy (non-hydrogen) atoms. The highest BCUT2D eigenvalue weighted by atomic mass is 79.9. The molecule has 1 saturated heterocycles. The molecule has 0 unspecified atom stereocenters. The summed E-state index contributed by atoms with van der Waals surface area (Å²) in [5, 5.41) is 0. The number of carbonyl (C=O) groups is 3. The first-order valence-corrected chi connectivity index (χ1v) is 9.74. The molecular weight excluding hydrogens is 434 g/mol. The Hall–Kier alpha value is -2.13. The van der Waals surface area contributed by atoms with Crippen LogP contribution in [-0.2, 0) is 39.8 Å². The van der Waals surface area contributed by atoms with Gasteiger partial charge in [0.15, 0.2) is 24.5 Å². The number of rotatable bonds is 4. The van der Waals surface area contributed by atoms with E-state index in [1.807, 2.05) is 23.1 Å². The molecule has 2 aliphatic heterocycles. The van der Waals surface area contributed by atoms with Crippen molar-refractivity contribution in [3.8, 4) is 0 Å². The van der Waals surface area contributed by atoms with Crippen LogP contribution in [0.4, 0.5) is 5.69 Å². The van der Waals surface area contributed by atoms with Gasteiger partial charge in [-0.25, -0.2) is 0 Å². The topological polar surface area (TPSA) is 91.4 Å². The van der Waals surface area contributed by atoms with Gasteiger partial charge in [0.2, 0.25) is 0 Å². The number of halogens is 1. The fraction of sp³-hybridized carbons (Fsp3) is 0.526. The second-order valence-electron chi connectivity index (χ2n) is 6.70. The first kappa shape index (κ1) is 20.6. The van der Waals surface area contributed by atoms with Crippen LogP contribution in [0.2, 0.25) is 0 Å². The van der Waals surface area contributed by atoms with Crippen LogP contribution in [0.5, 0.6) is 0 Å². The van der Waals surface area contributed by atoms with E-state index in [0.717, 1.165) is 22.1 Å². The van der Waals surface area contributed by atoms with Crippen LogP contribution in [0, 0.1) is 0 Å². The number of carbonyl (C=O) groups excluding carboxylic acids is 3. The molecule has 1 aromatic carbocycles. The summed E-state index contributed by atoms with van der Waals surface area (Å²) < 4.78 is 23.1. The number of ether oxygens (including phenoxy) is 4. The molecular formula is C19H22BrNO7. The lowest BCUT2D eigenvalue weighted by Crippen LogP contribution is -2.62. The number of hydrogen-bond acceptors (Lipinski definition) is 8. The van der Waals surface area contributed by atoms with Crippen LogP contribution < -0.4 is 4.90 Å². The molecule has 9 heteroatoms. The van der Waals surface area contributed by atoms with Crippen molar-refractivity contribution in [3.05, 3.63) is 28.2 Å². The maximum Gasteiger partial charge on any atom is 0.303 e. The number of anilines is 1. The van der Waals surface area contributed by atoms with Gasteiger partial charge in [-0.1, -0.05) is 22.0 Å². The molecule has 0 aliphatic carbocycles. The van der Waals surface area contributed by atoms with Gasteiger partial charge < -0.3 is 23.8 Å². The average Bonchev–Trinajstić information content (AvgIpc) is 3.02. The summed E-state index contributed by atoms with van der Waals surface area (Å²) in [5.74, 6) is -1.65. The second kappa shape index (κ2) is 8.48. The van der Waals surface area contributed by atoms with E-state index in [1.165, 1.54) is 20.8 Å². The number of nitrogens with zero attached hydrogens (tertiary/aromatic N) is 1. The highest BCUT2D eigenvalue weighted by Gasteiger charge is 2.49. The van der Waals surface area contributed by atoms with Gasteiger partial charge in [0.25, 0.3) is 0 Å². The van der Waals surface area contributed by atoms with Crippen LogP contribution in [0.15, 0.2) is 22.7 Å². The SMILES string of the molecule is CC(=O)O[C@@H]1[C@@H](OC(C)=O)[C@H](OC(C)=O)CO[C@H]1N1CCc2c(Br)cccc21. The fourth-order valence-corrected chi connectivity index (χ4v) is 4.22. The standard InChI is InChI=1S/C19H22BrNO7/c1-10(22)26-16-9-25-19(18(28-12(3)24)17(16)27-11(2)23)21-8-7-13-14(20)5-4-6-15(13)21/h4-6,16-19H,7-9H2,1-3H3/t16-,17+,18-,19-/m1/s1. The molecule has 2 aliphatic rings. The van der Waals surface area contributed by atoms with E-state index in [9.17, 15) is 14.4 Å². The van der Waals surface area contributed by atoms with Crippen molar-refractivity contribution < 1.29 is 33.3 Å². The maximum absolute atomic E-state index is 11.8. The average molecular weight is 456 g/mol. The van der Waals surface area contributed by atoms with Crippen LogP contribution in [-0.4, -0.2) is 55.6 Å². The van der Waals surface area contributed by atoms with Crippen LogP contribution >= 0.6 is 15.9 Å². The van der Waals surface area contributed by atoms with Crippen LogP contribution in [0.1, 0.15) is 26.3 Å². The zero-order valence-electron chi connectivity index (χ0n) is 15.8. The maximum atomic E-state index is 11.8. The highest BCUT2D eigenvalue weighted by molar-refractivity contribution is 9.10. The van der Waals surface area contributed by atoms with Crippen LogP contribution in [0.25, 0.3) is 0 Å². The lowest BCUT2D eigenvalue weighted by molar-refractivity contribution is -0.225. The van der Waals surface area contributed by atoms with Gasteiger partial charge in [0, 0.05) is 37.5 Å². The molecule has 0 amide bonds. The predicted octanol–water partition coefficient (Wildman–Crippen LogP) is 1.96. The minimum atomic E-state index is -0.972. The second-order valence-corrected chi connectivity index (χ2v) is 7.56. The first-order chi connectivity index (χ1) is 13.3. The monoisotopic (exact) mass is 455 g/mol. The molecule has 0 N–H and O–H groups in total. The third-order valence-corrected chi connectivity index (χ3v) is 5.38. The molecule has 4 atom stereocenters. The molecule has 0 saturated carbocycles. The lowest BCUT2D eigenvalue weighted by atomic mass is 10.0. The zero-order chi connectivity index (χ0) is 20.4. The van der Waals surface area contributed by atoms with E-state index < -0.39 is 42.4 Å². The molecule has 1 fully saturated rings. The largest absolute Gasteiger partial charge is 0.456 e. The summed E-state index contributed by atoms with van der Waals surface area (Å²) in [6.45, 7) is 4.44. The Bertz CT molecular complexity index is 784. The van der Waals surface area contributed by atoms with E-state index in [0.29, 0.717) is 6.54 Å². The Morgan fingerprint density at radius 2 is 1.68 bits per heavy atom. The molecule has 152 valence electrons. The molecule has 0 bridgehead atoms. The summed E-state index contributed by atoms with van der Waals surface area (Å²) in [6.07, 6.45) is -2.69. The van der Waals surface area contributed by atoms with E-state index in [-0.39, 0.29) is 6.61 Å². The van der Waals surface area contributed by atoms with Gasteiger partial charge in [-0.2, -0.15) is 0 Å². The molecule has 1 aromatic rings. The van der Waals surface area contributed by atoms with Crippen molar-refractivity contribution >= 4 is 39.5 Å². The molecule has 3 rings (SSSR count). The summed E-state index contributed by atoms with van der Waals surface area (Å²) in [5.41, 5.74) is 2.07. The van der Waals surface area contributed by atoms with Gasteiger partial charge >= 0.3 is 17.9 Å². The summed E-state index contributed by atoms with van der Waals surface area (Å²) in [4.78, 5) is 36.9. The molecule has 0 radical (unpaired) electrons. The number of hydrogen-bond donors (Lipinski definition) is 0. The third-order valence-electron chi connectivity index (χ3n) is 4.64. The van der Waals surface area contributed by atoms with Gasteiger partial charge in [-0.15, -0.1) is 0 Å². The zero-order valence-corrected chi connectivity index (χ0v) is 17.4. The third kappa shape index (κ3) is 4.30. The minimum absolute atomic E-state index is 0.0137. The smallest absolute Gasteiger partial charge is 0.303 e. The van der Waals surface area contributed by atoms with Crippen LogP contribution in [0.3, 0.4) is 0 Å². The summed E-state index contributed by atoms with van der Waals surface area (Å²) in [7, 11) is 0. The van der Waals surface area contributed by atoms with Crippen molar-refractivity contribution in [1.29, 1.82) is 0 Å². The molecule has 8 nitrogen and oxygen atoms in total. The van der Waals surface area contributed by atoms with Crippen molar-refractivity contribution in [1.82, 2.24) is 0 Å². The van der Waals surface area contributed by atoms with E-state index in [1.54, 1.807) is 0 Å². The predicted molar refractivity (Wildman–Crippen MR) is 102 cm³/mol. The van der Waals surface area contributed by atoms with E-state index in [2.05, 4.69) is 15.9 Å². The Balaban J connectivity index is 1.95. The first-order valence-electron chi connectivity index (χ1n) is 8.95. The number of fused-ring (bicyclic) bond motifs is 1. The fourth-order valence-electron chi connectivity index (χ4n) is 3.67. The lowest BCUT2D eigenvalue weighted by Gasteiger charge is -2.44. The number of esters is 3. The summed E-state index contributed by atoms with van der Waals surface area (Å²) >= 11 is 3.56. The molecule has 0 spiro atoms.